The predicted molar refractivity (Wildman–Crippen MR) is 96.4 cm³/mol. The number of rotatable bonds is 4. The summed E-state index contributed by atoms with van der Waals surface area (Å²) in [7, 11) is 0. The lowest BCUT2D eigenvalue weighted by Gasteiger charge is -2.08. The fraction of sp³-hybridized carbons (Fsp3) is 0.0500. The first-order valence-corrected chi connectivity index (χ1v) is 7.66. The highest BCUT2D eigenvalue weighted by Crippen LogP contribution is 2.11. The minimum Gasteiger partial charge on any atom is -0.321 e. The molecule has 3 rings (SSSR count). The first-order chi connectivity index (χ1) is 12.2. The van der Waals surface area contributed by atoms with Crippen LogP contribution in [-0.4, -0.2) is 15.7 Å². The van der Waals surface area contributed by atoms with Gasteiger partial charge in [0.2, 0.25) is 0 Å². The number of nitrogens with zero attached hydrogens (tertiary/aromatic N) is 2. The summed E-state index contributed by atoms with van der Waals surface area (Å²) in [6, 6.07) is 19.2. The van der Waals surface area contributed by atoms with E-state index in [2.05, 4.69) is 16.3 Å². The summed E-state index contributed by atoms with van der Waals surface area (Å²) in [6.07, 6.45) is 5.36. The molecule has 0 spiro atoms. The van der Waals surface area contributed by atoms with Crippen LogP contribution < -0.4 is 10.9 Å². The maximum absolute atomic E-state index is 12.4. The average Bonchev–Trinajstić information content (AvgIpc) is 2.64. The van der Waals surface area contributed by atoms with Gasteiger partial charge >= 0.3 is 0 Å². The predicted octanol–water partition coefficient (Wildman–Crippen LogP) is 2.53. The third kappa shape index (κ3) is 4.01. The molecule has 0 atom stereocenters. The lowest BCUT2D eigenvalue weighted by atomic mass is 10.2. The van der Waals surface area contributed by atoms with Crippen molar-refractivity contribution in [1.82, 2.24) is 9.78 Å². The van der Waals surface area contributed by atoms with Gasteiger partial charge in [-0.15, -0.1) is 6.42 Å². The lowest BCUT2D eigenvalue weighted by molar-refractivity contribution is 0.102. The van der Waals surface area contributed by atoms with Crippen LogP contribution in [-0.2, 0) is 6.54 Å². The summed E-state index contributed by atoms with van der Waals surface area (Å²) < 4.78 is 1.27. The Hall–Kier alpha value is -3.65. The van der Waals surface area contributed by atoms with Crippen LogP contribution in [0.15, 0.2) is 71.5 Å². The second kappa shape index (κ2) is 7.28. The molecule has 5 nitrogen and oxygen atoms in total. The van der Waals surface area contributed by atoms with E-state index in [1.165, 1.54) is 16.8 Å². The highest BCUT2D eigenvalue weighted by molar-refractivity contribution is 6.02. The Balaban J connectivity index is 1.82. The summed E-state index contributed by atoms with van der Waals surface area (Å²) in [4.78, 5) is 24.4. The molecule has 5 heteroatoms. The third-order valence-corrected chi connectivity index (χ3v) is 3.56. The smallest absolute Gasteiger partial charge is 0.276 e. The molecule has 1 N–H and O–H groups in total. The highest BCUT2D eigenvalue weighted by atomic mass is 16.2. The van der Waals surface area contributed by atoms with Crippen molar-refractivity contribution in [2.75, 3.05) is 5.32 Å². The van der Waals surface area contributed by atoms with E-state index in [1.807, 2.05) is 30.3 Å². The van der Waals surface area contributed by atoms with Crippen molar-refractivity contribution in [2.24, 2.45) is 0 Å². The maximum Gasteiger partial charge on any atom is 0.276 e. The molecule has 0 radical (unpaired) electrons. The first-order valence-electron chi connectivity index (χ1n) is 7.66. The zero-order valence-electron chi connectivity index (χ0n) is 13.3. The molecule has 1 aromatic heterocycles. The van der Waals surface area contributed by atoms with Gasteiger partial charge in [-0.05, 0) is 29.8 Å². The largest absolute Gasteiger partial charge is 0.321 e. The van der Waals surface area contributed by atoms with Crippen LogP contribution in [0.1, 0.15) is 21.6 Å². The van der Waals surface area contributed by atoms with E-state index < -0.39 is 5.91 Å². The lowest BCUT2D eigenvalue weighted by Crippen LogP contribution is -2.26. The molecule has 0 aliphatic heterocycles. The minimum absolute atomic E-state index is 0.154. The molecule has 0 saturated heterocycles. The molecule has 3 aromatic rings. The van der Waals surface area contributed by atoms with E-state index in [0.717, 1.165) is 5.56 Å². The molecule has 25 heavy (non-hydrogen) atoms. The van der Waals surface area contributed by atoms with E-state index in [1.54, 1.807) is 24.3 Å². The van der Waals surface area contributed by atoms with Gasteiger partial charge in [-0.3, -0.25) is 9.59 Å². The van der Waals surface area contributed by atoms with Crippen molar-refractivity contribution in [3.63, 3.8) is 0 Å². The van der Waals surface area contributed by atoms with Crippen LogP contribution in [0.3, 0.4) is 0 Å². The van der Waals surface area contributed by atoms with E-state index in [-0.39, 0.29) is 11.3 Å². The number of aromatic nitrogens is 2. The Bertz CT molecular complexity index is 1000. The first kappa shape index (κ1) is 16.2. The molecule has 0 aliphatic carbocycles. The van der Waals surface area contributed by atoms with Gasteiger partial charge in [0.05, 0.1) is 6.54 Å². The van der Waals surface area contributed by atoms with E-state index in [9.17, 15) is 9.59 Å². The third-order valence-electron chi connectivity index (χ3n) is 3.56. The van der Waals surface area contributed by atoms with Crippen LogP contribution in [0.5, 0.6) is 0 Å². The quantitative estimate of drug-likeness (QED) is 0.748. The minimum atomic E-state index is -0.406. The molecule has 0 unspecified atom stereocenters. The molecule has 0 bridgehead atoms. The average molecular weight is 329 g/mol. The van der Waals surface area contributed by atoms with Crippen LogP contribution in [0.25, 0.3) is 0 Å². The molecule has 0 aliphatic rings. The monoisotopic (exact) mass is 329 g/mol. The number of terminal acetylenes is 1. The highest BCUT2D eigenvalue weighted by Gasteiger charge is 2.10. The number of carbonyl (C=O) groups excluding carboxylic acids is 1. The molecule has 1 heterocycles. The van der Waals surface area contributed by atoms with Crippen LogP contribution in [0.2, 0.25) is 0 Å². The zero-order valence-corrected chi connectivity index (χ0v) is 13.3. The Morgan fingerprint density at radius 1 is 1.08 bits per heavy atom. The topological polar surface area (TPSA) is 64.0 Å². The Morgan fingerprint density at radius 2 is 1.88 bits per heavy atom. The van der Waals surface area contributed by atoms with Gasteiger partial charge in [0.15, 0.2) is 0 Å². The van der Waals surface area contributed by atoms with Gasteiger partial charge in [0.1, 0.15) is 5.69 Å². The summed E-state index contributed by atoms with van der Waals surface area (Å²) >= 11 is 0. The summed E-state index contributed by atoms with van der Waals surface area (Å²) in [6.45, 7) is 0.299. The van der Waals surface area contributed by atoms with Crippen molar-refractivity contribution in [3.8, 4) is 12.3 Å². The van der Waals surface area contributed by atoms with Gasteiger partial charge in [0.25, 0.3) is 11.5 Å². The number of anilines is 1. The van der Waals surface area contributed by atoms with Gasteiger partial charge in [-0.25, -0.2) is 4.68 Å². The molecular weight excluding hydrogens is 314 g/mol. The van der Waals surface area contributed by atoms with Gasteiger partial charge in [0, 0.05) is 17.3 Å². The number of amides is 1. The van der Waals surface area contributed by atoms with E-state index >= 15 is 0 Å². The summed E-state index contributed by atoms with van der Waals surface area (Å²) in [5, 5.41) is 6.89. The van der Waals surface area contributed by atoms with Gasteiger partial charge < -0.3 is 5.32 Å². The molecular formula is C20H15N3O2. The number of hydrogen-bond donors (Lipinski definition) is 1. The van der Waals surface area contributed by atoms with Gasteiger partial charge in [-0.2, -0.15) is 5.10 Å². The van der Waals surface area contributed by atoms with E-state index in [4.69, 9.17) is 6.42 Å². The Morgan fingerprint density at radius 3 is 2.64 bits per heavy atom. The molecule has 1 amide bonds. The Kier molecular flexibility index (Phi) is 4.72. The van der Waals surface area contributed by atoms with Crippen molar-refractivity contribution in [3.05, 3.63) is 93.9 Å². The molecule has 2 aromatic carbocycles. The van der Waals surface area contributed by atoms with Crippen LogP contribution >= 0.6 is 0 Å². The van der Waals surface area contributed by atoms with Crippen LogP contribution in [0.4, 0.5) is 5.69 Å². The van der Waals surface area contributed by atoms with Crippen molar-refractivity contribution in [1.29, 1.82) is 0 Å². The van der Waals surface area contributed by atoms with Crippen LogP contribution in [0, 0.1) is 12.3 Å². The standard InChI is InChI=1S/C20H15N3O2/c1-2-15-9-6-10-17(13-15)21-20(25)18-11-12-19(24)23(22-18)14-16-7-4-3-5-8-16/h1,3-13H,14H2,(H,21,25). The normalized spacial score (nSPS) is 10.0. The molecule has 0 saturated carbocycles. The maximum atomic E-state index is 12.4. The summed E-state index contributed by atoms with van der Waals surface area (Å²) in [5.74, 6) is 2.11. The van der Waals surface area contributed by atoms with Crippen molar-refractivity contribution < 1.29 is 4.79 Å². The van der Waals surface area contributed by atoms with Gasteiger partial charge in [-0.1, -0.05) is 42.3 Å². The second-order valence-electron chi connectivity index (χ2n) is 5.38. The Labute approximate surface area is 144 Å². The molecule has 122 valence electrons. The van der Waals surface area contributed by atoms with Crippen molar-refractivity contribution >= 4 is 11.6 Å². The number of benzene rings is 2. The zero-order chi connectivity index (χ0) is 17.6. The number of carbonyl (C=O) groups is 1. The number of hydrogen-bond acceptors (Lipinski definition) is 3. The van der Waals surface area contributed by atoms with E-state index in [0.29, 0.717) is 17.8 Å². The van der Waals surface area contributed by atoms with Crippen molar-refractivity contribution in [2.45, 2.75) is 6.54 Å². The molecule has 0 fully saturated rings. The fourth-order valence-electron chi connectivity index (χ4n) is 2.32. The SMILES string of the molecule is C#Cc1cccc(NC(=O)c2ccc(=O)n(Cc3ccccc3)n2)c1. The fourth-order valence-corrected chi connectivity index (χ4v) is 2.32. The number of nitrogens with one attached hydrogen (secondary N) is 1. The summed E-state index contributed by atoms with van der Waals surface area (Å²) in [5.41, 5.74) is 2.05. The second-order valence-corrected chi connectivity index (χ2v) is 5.38.